The number of sulfone groups is 1. The van der Waals surface area contributed by atoms with E-state index in [-0.39, 0.29) is 29.1 Å². The van der Waals surface area contributed by atoms with E-state index in [1.165, 1.54) is 18.2 Å². The average Bonchev–Trinajstić information content (AvgIpc) is 2.27. The average molecular weight is 271 g/mol. The Bertz CT molecular complexity index is 591. The second kappa shape index (κ2) is 5.26. The lowest BCUT2D eigenvalue weighted by atomic mass is 10.1. The summed E-state index contributed by atoms with van der Waals surface area (Å²) in [6.07, 6.45) is 1.02. The molecule has 0 radical (unpaired) electrons. The first-order chi connectivity index (χ1) is 8.27. The highest BCUT2D eigenvalue weighted by Gasteiger charge is 2.26. The molecule has 0 N–H and O–H groups in total. The predicted molar refractivity (Wildman–Crippen MR) is 65.2 cm³/mol. The van der Waals surface area contributed by atoms with Crippen LogP contribution in [0.25, 0.3) is 0 Å². The summed E-state index contributed by atoms with van der Waals surface area (Å²) >= 11 is 0. The molecule has 1 aromatic rings. The van der Waals surface area contributed by atoms with E-state index in [1.54, 1.807) is 6.92 Å². The molecule has 0 saturated carbocycles. The molecule has 0 aliphatic carbocycles. The fourth-order valence-electron chi connectivity index (χ4n) is 1.55. The Balaban J connectivity index is 3.45. The molecule has 6 nitrogen and oxygen atoms in total. The summed E-state index contributed by atoms with van der Waals surface area (Å²) in [5.74, 6) is -0.177. The molecule has 0 unspecified atom stereocenters. The summed E-state index contributed by atoms with van der Waals surface area (Å²) in [5.41, 5.74) is -0.364. The van der Waals surface area contributed by atoms with Crippen molar-refractivity contribution in [2.75, 3.05) is 6.26 Å². The van der Waals surface area contributed by atoms with E-state index in [0.29, 0.717) is 0 Å². The van der Waals surface area contributed by atoms with Gasteiger partial charge in [-0.15, -0.1) is 0 Å². The molecule has 18 heavy (non-hydrogen) atoms. The third kappa shape index (κ3) is 3.13. The Morgan fingerprint density at radius 3 is 2.44 bits per heavy atom. The molecule has 1 aromatic carbocycles. The molecule has 0 saturated heterocycles. The maximum absolute atomic E-state index is 11.5. The highest BCUT2D eigenvalue weighted by Crippen LogP contribution is 2.28. The van der Waals surface area contributed by atoms with E-state index in [1.807, 2.05) is 0 Å². The van der Waals surface area contributed by atoms with Gasteiger partial charge < -0.3 is 0 Å². The van der Waals surface area contributed by atoms with E-state index < -0.39 is 20.4 Å². The van der Waals surface area contributed by atoms with Gasteiger partial charge in [-0.2, -0.15) is 0 Å². The third-order valence-electron chi connectivity index (χ3n) is 2.45. The number of carbonyl (C=O) groups excluding carboxylic acids is 1. The van der Waals surface area contributed by atoms with Gasteiger partial charge >= 0.3 is 0 Å². The molecule has 0 heterocycles. The molecule has 0 aromatic heterocycles. The fourth-order valence-corrected chi connectivity index (χ4v) is 2.44. The van der Waals surface area contributed by atoms with Gasteiger partial charge in [0, 0.05) is 24.7 Å². The molecule has 0 aliphatic heterocycles. The minimum Gasteiger partial charge on any atom is -0.299 e. The number of hydrogen-bond donors (Lipinski definition) is 0. The molecule has 1 rings (SSSR count). The zero-order valence-corrected chi connectivity index (χ0v) is 10.9. The standard InChI is InChI=1S/C11H13NO5S/c1-3-9(13)7-8-5-4-6-10(18(2,16)17)11(8)12(14)15/h4-6H,3,7H2,1-2H3. The van der Waals surface area contributed by atoms with Crippen LogP contribution in [0, 0.1) is 10.1 Å². The Morgan fingerprint density at radius 2 is 2.00 bits per heavy atom. The normalized spacial score (nSPS) is 11.2. The number of carbonyl (C=O) groups is 1. The summed E-state index contributed by atoms with van der Waals surface area (Å²) in [6, 6.07) is 3.98. The summed E-state index contributed by atoms with van der Waals surface area (Å²) in [7, 11) is -3.70. The number of Topliss-reactive ketones (excluding diaryl/α,β-unsaturated/α-hetero) is 1. The van der Waals surface area contributed by atoms with Gasteiger partial charge in [0.15, 0.2) is 9.84 Å². The van der Waals surface area contributed by atoms with Crippen LogP contribution >= 0.6 is 0 Å². The van der Waals surface area contributed by atoms with Gasteiger partial charge in [0.05, 0.1) is 4.92 Å². The van der Waals surface area contributed by atoms with Gasteiger partial charge in [-0.3, -0.25) is 14.9 Å². The van der Waals surface area contributed by atoms with Crippen LogP contribution in [0.2, 0.25) is 0 Å². The minimum absolute atomic E-state index is 0.129. The topological polar surface area (TPSA) is 94.3 Å². The first-order valence-corrected chi connectivity index (χ1v) is 7.14. The zero-order chi connectivity index (χ0) is 13.9. The maximum Gasteiger partial charge on any atom is 0.291 e. The Morgan fingerprint density at radius 1 is 1.39 bits per heavy atom. The summed E-state index contributed by atoms with van der Waals surface area (Å²) in [5, 5.41) is 11.0. The van der Waals surface area contributed by atoms with Crippen molar-refractivity contribution in [1.82, 2.24) is 0 Å². The fraction of sp³-hybridized carbons (Fsp3) is 0.364. The van der Waals surface area contributed by atoms with Gasteiger partial charge in [-0.25, -0.2) is 8.42 Å². The van der Waals surface area contributed by atoms with E-state index in [9.17, 15) is 23.3 Å². The molecule has 0 amide bonds. The van der Waals surface area contributed by atoms with Gasteiger partial charge in [0.1, 0.15) is 10.7 Å². The molecule has 0 fully saturated rings. The van der Waals surface area contributed by atoms with Crippen molar-refractivity contribution in [3.63, 3.8) is 0 Å². The SMILES string of the molecule is CCC(=O)Cc1cccc(S(C)(=O)=O)c1[N+](=O)[O-]. The van der Waals surface area contributed by atoms with Crippen molar-refractivity contribution < 1.29 is 18.1 Å². The molecule has 0 aliphatic rings. The third-order valence-corrected chi connectivity index (χ3v) is 3.57. The number of nitro groups is 1. The maximum atomic E-state index is 11.5. The van der Waals surface area contributed by atoms with Crippen LogP contribution < -0.4 is 0 Å². The lowest BCUT2D eigenvalue weighted by molar-refractivity contribution is -0.388. The molecule has 98 valence electrons. The Hall–Kier alpha value is -1.76. The second-order valence-electron chi connectivity index (χ2n) is 3.86. The van der Waals surface area contributed by atoms with Crippen LogP contribution in [-0.4, -0.2) is 25.4 Å². The van der Waals surface area contributed by atoms with Crippen LogP contribution in [0.1, 0.15) is 18.9 Å². The van der Waals surface area contributed by atoms with Gasteiger partial charge in [-0.1, -0.05) is 19.1 Å². The Labute approximate surface area is 105 Å². The lowest BCUT2D eigenvalue weighted by Gasteiger charge is -2.05. The number of hydrogen-bond acceptors (Lipinski definition) is 5. The van der Waals surface area contributed by atoms with Crippen molar-refractivity contribution in [3.05, 3.63) is 33.9 Å². The van der Waals surface area contributed by atoms with Crippen LogP contribution in [0.4, 0.5) is 5.69 Å². The second-order valence-corrected chi connectivity index (χ2v) is 5.85. The molecule has 7 heteroatoms. The number of ketones is 1. The van der Waals surface area contributed by atoms with Crippen LogP contribution in [0.15, 0.2) is 23.1 Å². The molecule has 0 bridgehead atoms. The monoisotopic (exact) mass is 271 g/mol. The molecule has 0 atom stereocenters. The zero-order valence-electron chi connectivity index (χ0n) is 10.0. The number of nitrogens with zero attached hydrogens (tertiary/aromatic N) is 1. The summed E-state index contributed by atoms with van der Waals surface area (Å²) < 4.78 is 23.0. The van der Waals surface area contributed by atoms with Gasteiger partial charge in [0.2, 0.25) is 0 Å². The number of rotatable bonds is 5. The lowest BCUT2D eigenvalue weighted by Crippen LogP contribution is -2.08. The van der Waals surface area contributed by atoms with E-state index >= 15 is 0 Å². The van der Waals surface area contributed by atoms with Crippen molar-refractivity contribution in [3.8, 4) is 0 Å². The van der Waals surface area contributed by atoms with Crippen molar-refractivity contribution >= 4 is 21.3 Å². The summed E-state index contributed by atoms with van der Waals surface area (Å²) in [4.78, 5) is 21.2. The van der Waals surface area contributed by atoms with Gasteiger partial charge in [-0.05, 0) is 6.07 Å². The van der Waals surface area contributed by atoms with Crippen LogP contribution in [0.5, 0.6) is 0 Å². The largest absolute Gasteiger partial charge is 0.299 e. The number of nitro benzene ring substituents is 1. The molecular formula is C11H13NO5S. The Kier molecular flexibility index (Phi) is 4.18. The molecule has 0 spiro atoms. The van der Waals surface area contributed by atoms with Crippen LogP contribution in [-0.2, 0) is 21.1 Å². The first kappa shape index (κ1) is 14.3. The number of para-hydroxylation sites is 1. The van der Waals surface area contributed by atoms with E-state index in [0.717, 1.165) is 6.26 Å². The van der Waals surface area contributed by atoms with E-state index in [4.69, 9.17) is 0 Å². The predicted octanol–water partition coefficient (Wildman–Crippen LogP) is 1.52. The smallest absolute Gasteiger partial charge is 0.291 e. The first-order valence-electron chi connectivity index (χ1n) is 5.25. The van der Waals surface area contributed by atoms with Crippen LogP contribution in [0.3, 0.4) is 0 Å². The van der Waals surface area contributed by atoms with Crippen molar-refractivity contribution in [2.45, 2.75) is 24.7 Å². The minimum atomic E-state index is -3.70. The molecular weight excluding hydrogens is 258 g/mol. The van der Waals surface area contributed by atoms with Crippen molar-refractivity contribution in [2.24, 2.45) is 0 Å². The quantitative estimate of drug-likeness (QED) is 0.597. The highest BCUT2D eigenvalue weighted by molar-refractivity contribution is 7.90. The van der Waals surface area contributed by atoms with Gasteiger partial charge in [0.25, 0.3) is 5.69 Å². The van der Waals surface area contributed by atoms with E-state index in [2.05, 4.69) is 0 Å². The highest BCUT2D eigenvalue weighted by atomic mass is 32.2. The summed E-state index contributed by atoms with van der Waals surface area (Å²) in [6.45, 7) is 1.65. The number of benzene rings is 1. The van der Waals surface area contributed by atoms with Crippen molar-refractivity contribution in [1.29, 1.82) is 0 Å².